The predicted octanol–water partition coefficient (Wildman–Crippen LogP) is 1.42. The molecule has 103 heavy (non-hydrogen) atoms. The highest BCUT2D eigenvalue weighted by Crippen LogP contribution is 2.16. The topological polar surface area (TPSA) is 474 Å². The molecule has 1 aliphatic heterocycles. The Balaban J connectivity index is 2.74. The van der Waals surface area contributed by atoms with Crippen LogP contribution in [0.5, 0.6) is 0 Å². The van der Waals surface area contributed by atoms with Gasteiger partial charge in [0.25, 0.3) is 0 Å². The number of rotatable bonds is 26. The lowest BCUT2D eigenvalue weighted by Crippen LogP contribution is -2.61. The van der Waals surface area contributed by atoms with Gasteiger partial charge in [-0.2, -0.15) is 0 Å². The lowest BCUT2D eigenvalue weighted by molar-refractivity contribution is -0.157. The van der Waals surface area contributed by atoms with Crippen molar-refractivity contribution in [2.45, 2.75) is 265 Å². The smallest absolute Gasteiger partial charge is 0.408 e. The molecular formula is C69H116N14O20. The molecule has 1 aliphatic rings. The Morgan fingerprint density at radius 3 is 1.34 bits per heavy atom. The molecule has 13 amide bonds. The Morgan fingerprint density at radius 2 is 0.883 bits per heavy atom. The van der Waals surface area contributed by atoms with Crippen molar-refractivity contribution < 1.29 is 95.9 Å². The summed E-state index contributed by atoms with van der Waals surface area (Å²) in [4.78, 5) is 194. The average Bonchev–Trinajstić information content (AvgIpc) is 1.13. The molecule has 0 spiro atoms. The molecule has 34 nitrogen and oxygen atoms in total. The van der Waals surface area contributed by atoms with E-state index < -0.39 is 179 Å². The molecule has 1 unspecified atom stereocenters. The van der Waals surface area contributed by atoms with E-state index in [2.05, 4.69) is 74.4 Å². The molecule has 1 aromatic carbocycles. The van der Waals surface area contributed by atoms with Crippen molar-refractivity contribution in [2.75, 3.05) is 45.8 Å². The second-order valence-corrected chi connectivity index (χ2v) is 30.3. The first-order chi connectivity index (χ1) is 47.6. The summed E-state index contributed by atoms with van der Waals surface area (Å²) in [6.07, 6.45) is -7.60. The van der Waals surface area contributed by atoms with E-state index >= 15 is 0 Å². The van der Waals surface area contributed by atoms with Gasteiger partial charge in [0.2, 0.25) is 53.2 Å². The normalized spacial score (nSPS) is 20.2. The van der Waals surface area contributed by atoms with E-state index in [9.17, 15) is 72.2 Å². The first kappa shape index (κ1) is 90.0. The van der Waals surface area contributed by atoms with E-state index in [1.165, 1.54) is 6.92 Å². The summed E-state index contributed by atoms with van der Waals surface area (Å²) in [7, 11) is 0. The Bertz CT molecular complexity index is 3010. The van der Waals surface area contributed by atoms with Gasteiger partial charge in [0.05, 0.1) is 6.10 Å². The van der Waals surface area contributed by atoms with Crippen molar-refractivity contribution in [1.29, 1.82) is 0 Å². The molecule has 1 aromatic rings. The molecule has 1 heterocycles. The van der Waals surface area contributed by atoms with Gasteiger partial charge < -0.3 is 103 Å². The number of aliphatic hydroxyl groups excluding tert-OH is 1. The van der Waals surface area contributed by atoms with Crippen LogP contribution in [0.25, 0.3) is 0 Å². The maximum Gasteiger partial charge on any atom is 0.408 e. The van der Waals surface area contributed by atoms with Gasteiger partial charge in [0, 0.05) is 65.1 Å². The third-order valence-electron chi connectivity index (χ3n) is 14.1. The fourth-order valence-electron chi connectivity index (χ4n) is 9.52. The summed E-state index contributed by atoms with van der Waals surface area (Å²) in [5, 5.41) is 47.6. The zero-order chi connectivity index (χ0) is 78.2. The quantitative estimate of drug-likeness (QED) is 0.0354. The van der Waals surface area contributed by atoms with Crippen LogP contribution in [0.1, 0.15) is 182 Å². The van der Waals surface area contributed by atoms with E-state index in [1.807, 2.05) is 0 Å². The Morgan fingerprint density at radius 1 is 0.466 bits per heavy atom. The number of nitrogens with one attached hydrogen (secondary N) is 14. The summed E-state index contributed by atoms with van der Waals surface area (Å²) < 4.78 is 26.9. The van der Waals surface area contributed by atoms with Gasteiger partial charge >= 0.3 is 30.3 Å². The molecule has 9 atom stereocenters. The van der Waals surface area contributed by atoms with E-state index in [0.717, 1.165) is 0 Å². The molecule has 0 bridgehead atoms. The minimum absolute atomic E-state index is 0.0283. The number of esters is 1. The summed E-state index contributed by atoms with van der Waals surface area (Å²) in [5.41, 5.74) is -4.07. The number of benzene rings is 1. The Kier molecular flexibility index (Phi) is 37.1. The van der Waals surface area contributed by atoms with Gasteiger partial charge in [-0.05, 0) is 161 Å². The average molecular weight is 1460 g/mol. The first-order valence-corrected chi connectivity index (χ1v) is 34.8. The largest absolute Gasteiger partial charge is 0.458 e. The predicted molar refractivity (Wildman–Crippen MR) is 378 cm³/mol. The Hall–Kier alpha value is -9.08. The fraction of sp³-hybridized carbons (Fsp3) is 0.710. The molecular weight excluding hydrogens is 1340 g/mol. The zero-order valence-corrected chi connectivity index (χ0v) is 63.2. The number of carbonyl (C=O) groups is 14. The van der Waals surface area contributed by atoms with Crippen molar-refractivity contribution in [3.05, 3.63) is 35.9 Å². The maximum atomic E-state index is 14.9. The van der Waals surface area contributed by atoms with Crippen LogP contribution in [0.2, 0.25) is 0 Å². The fourth-order valence-corrected chi connectivity index (χ4v) is 9.52. The number of ether oxygens (including phenoxy) is 5. The number of hydrogen-bond acceptors (Lipinski definition) is 21. The van der Waals surface area contributed by atoms with Crippen LogP contribution in [-0.2, 0) is 78.1 Å². The van der Waals surface area contributed by atoms with Crippen LogP contribution in [0.15, 0.2) is 30.3 Å². The van der Waals surface area contributed by atoms with Gasteiger partial charge in [-0.25, -0.2) is 24.0 Å². The van der Waals surface area contributed by atoms with Crippen LogP contribution in [0, 0.1) is 5.92 Å². The van der Waals surface area contributed by atoms with Crippen LogP contribution in [0.3, 0.4) is 0 Å². The van der Waals surface area contributed by atoms with Crippen molar-refractivity contribution in [1.82, 2.24) is 74.4 Å². The van der Waals surface area contributed by atoms with Gasteiger partial charge in [-0.3, -0.25) is 43.2 Å². The summed E-state index contributed by atoms with van der Waals surface area (Å²) >= 11 is 0. The van der Waals surface area contributed by atoms with Gasteiger partial charge in [-0.1, -0.05) is 44.2 Å². The molecule has 0 aromatic heterocycles. The number of carbonyl (C=O) groups excluding carboxylic acids is 14. The number of amides is 13. The molecule has 582 valence electrons. The van der Waals surface area contributed by atoms with E-state index in [1.54, 1.807) is 148 Å². The molecule has 1 saturated heterocycles. The van der Waals surface area contributed by atoms with Crippen LogP contribution in [-0.4, -0.2) is 217 Å². The lowest BCUT2D eigenvalue weighted by Gasteiger charge is -2.29. The summed E-state index contributed by atoms with van der Waals surface area (Å²) in [6.45, 7) is 27.9. The molecule has 0 radical (unpaired) electrons. The molecule has 0 saturated carbocycles. The van der Waals surface area contributed by atoms with Crippen LogP contribution in [0.4, 0.5) is 19.2 Å². The maximum absolute atomic E-state index is 14.9. The van der Waals surface area contributed by atoms with Gasteiger partial charge in [-0.15, -0.1) is 0 Å². The highest BCUT2D eigenvalue weighted by molar-refractivity contribution is 5.98. The zero-order valence-electron chi connectivity index (χ0n) is 63.2. The number of aliphatic hydroxyl groups is 1. The lowest BCUT2D eigenvalue weighted by atomic mass is 10.00. The molecule has 0 aliphatic carbocycles. The van der Waals surface area contributed by atoms with Gasteiger partial charge in [0.15, 0.2) is 0 Å². The molecule has 2 rings (SSSR count). The summed E-state index contributed by atoms with van der Waals surface area (Å²) in [5.74, 6) is -9.25. The summed E-state index contributed by atoms with van der Waals surface area (Å²) in [6, 6.07) is -3.99. The third-order valence-corrected chi connectivity index (χ3v) is 14.1. The Labute approximate surface area is 604 Å². The van der Waals surface area contributed by atoms with E-state index in [-0.39, 0.29) is 96.6 Å². The van der Waals surface area contributed by atoms with Crippen molar-refractivity contribution >= 4 is 83.5 Å². The minimum Gasteiger partial charge on any atom is -0.458 e. The van der Waals surface area contributed by atoms with Crippen molar-refractivity contribution in [2.24, 2.45) is 5.92 Å². The van der Waals surface area contributed by atoms with E-state index in [4.69, 9.17) is 23.7 Å². The SMILES string of the molecule is CC(C)CC1NC(=O)[C@@H](Cc2ccccc2)NC(=O)[C@H](CCNC(=O)OC(C)(C)C)NC(=O)[C@@H](NC(=O)CCNCCNC(=O)CC[C@H](NC(=O)OC(C)(C)C)C(=O)OC(C)(C)C)CCNC(=O)[C@H]([C@@H](C)O)NC(=O)[C@H](CCNC(=O)OC(C)(C)C)NC(=O)[C@H](CCNC(=O)OC(C)(C)C)NC1=O. The molecule has 34 heteroatoms. The van der Waals surface area contributed by atoms with Crippen molar-refractivity contribution in [3.8, 4) is 0 Å². The van der Waals surface area contributed by atoms with E-state index in [0.29, 0.717) is 5.56 Å². The highest BCUT2D eigenvalue weighted by Gasteiger charge is 2.37. The minimum atomic E-state index is -1.79. The molecule has 1 fully saturated rings. The number of alkyl carbamates (subject to hydrolysis) is 4. The number of hydrogen-bond donors (Lipinski definition) is 15. The second kappa shape index (κ2) is 42.5. The third kappa shape index (κ3) is 40.4. The van der Waals surface area contributed by atoms with Crippen molar-refractivity contribution in [3.63, 3.8) is 0 Å². The van der Waals surface area contributed by atoms with Gasteiger partial charge in [0.1, 0.15) is 76.3 Å². The second-order valence-electron chi connectivity index (χ2n) is 30.3. The standard InChI is InChI=1S/C69H116N14O20/c1-40(2)38-48-57(91)79-44(27-33-73-61(95)100-66(7,8)9)54(88)78-46(29-35-75-63(97)102-68(13,14)15)56(90)83-52(41(3)84)59(93)72-32-26-43(76-51(86)30-31-70-36-37-71-50(85)25-24-47(60(94)99-65(4,5)6)82-64(98)103-69(16,17)18)53(87)77-45(28-34-74-62(96)101-67(10,11)12)55(89)81-49(58(92)80-48)39-42-22-20-19-21-23-42/h19-23,40-41,43-49,52,70,84H,24-39H2,1-18H3,(H,71,85)(H,72,93)(H,73,95)(H,74,96)(H,75,97)(H,76,86)(H,77,87)(H,78,88)(H,79,91)(H,80,92)(H,81,89)(H,82,98)(H,83,90)/t41-,43+,44+,45+,46+,47+,48?,49-,52+/m1/s1. The monoisotopic (exact) mass is 1460 g/mol. The highest BCUT2D eigenvalue weighted by atomic mass is 16.6. The molecule has 15 N–H and O–H groups in total. The van der Waals surface area contributed by atoms with Crippen LogP contribution < -0.4 is 74.4 Å². The van der Waals surface area contributed by atoms with Crippen LogP contribution >= 0.6 is 0 Å². The first-order valence-electron chi connectivity index (χ1n) is 34.8.